The van der Waals surface area contributed by atoms with E-state index in [1.165, 1.54) is 18.2 Å². The van der Waals surface area contributed by atoms with Gasteiger partial charge in [-0.25, -0.2) is 4.79 Å². The third-order valence-electron chi connectivity index (χ3n) is 2.40. The first-order valence-electron chi connectivity index (χ1n) is 5.41. The van der Waals surface area contributed by atoms with Gasteiger partial charge < -0.3 is 16.2 Å². The first-order valence-corrected chi connectivity index (χ1v) is 5.78. The number of hydrogen-bond acceptors (Lipinski definition) is 3. The fraction of sp³-hybridized carbons (Fsp3) is 0.333. The molecular formula is C12H15ClN2O3. The summed E-state index contributed by atoms with van der Waals surface area (Å²) in [7, 11) is 0. The minimum absolute atomic E-state index is 0.219. The predicted molar refractivity (Wildman–Crippen MR) is 69.6 cm³/mol. The molecule has 1 rings (SSSR count). The summed E-state index contributed by atoms with van der Waals surface area (Å²) in [4.78, 5) is 22.9. The van der Waals surface area contributed by atoms with Gasteiger partial charge in [0.25, 0.3) is 5.91 Å². The molecule has 1 atom stereocenters. The molecule has 0 bridgehead atoms. The zero-order valence-electron chi connectivity index (χ0n) is 10.1. The molecule has 0 spiro atoms. The molecule has 0 aromatic heterocycles. The molecule has 0 saturated heterocycles. The van der Waals surface area contributed by atoms with Crippen LogP contribution >= 0.6 is 11.6 Å². The molecule has 0 aliphatic rings. The molecule has 4 N–H and O–H groups in total. The molecule has 5 nitrogen and oxygen atoms in total. The number of halogens is 1. The van der Waals surface area contributed by atoms with Crippen molar-refractivity contribution in [2.24, 2.45) is 5.92 Å². The molecule has 0 radical (unpaired) electrons. The van der Waals surface area contributed by atoms with Crippen molar-refractivity contribution in [3.63, 3.8) is 0 Å². The van der Waals surface area contributed by atoms with Crippen LogP contribution in [0.4, 0.5) is 5.69 Å². The van der Waals surface area contributed by atoms with E-state index in [1.807, 2.05) is 0 Å². The summed E-state index contributed by atoms with van der Waals surface area (Å²) in [5, 5.41) is 11.7. The van der Waals surface area contributed by atoms with E-state index < -0.39 is 17.9 Å². The summed E-state index contributed by atoms with van der Waals surface area (Å²) in [5.41, 5.74) is 6.16. The molecule has 1 aromatic carbocycles. The highest BCUT2D eigenvalue weighted by molar-refractivity contribution is 6.31. The van der Waals surface area contributed by atoms with Gasteiger partial charge in [-0.2, -0.15) is 0 Å². The van der Waals surface area contributed by atoms with Crippen LogP contribution in [-0.2, 0) is 4.79 Å². The quantitative estimate of drug-likeness (QED) is 0.727. The third-order valence-corrected chi connectivity index (χ3v) is 2.62. The van der Waals surface area contributed by atoms with Gasteiger partial charge in [0, 0.05) is 16.3 Å². The molecule has 0 aliphatic carbocycles. The molecule has 0 fully saturated rings. The van der Waals surface area contributed by atoms with E-state index in [-0.39, 0.29) is 11.5 Å². The molecule has 0 saturated carbocycles. The molecule has 0 heterocycles. The lowest BCUT2D eigenvalue weighted by molar-refractivity contribution is -0.140. The Labute approximate surface area is 110 Å². The molecule has 1 aromatic rings. The van der Waals surface area contributed by atoms with Crippen molar-refractivity contribution in [2.75, 3.05) is 5.73 Å². The minimum Gasteiger partial charge on any atom is -0.480 e. The van der Waals surface area contributed by atoms with Crippen molar-refractivity contribution in [1.29, 1.82) is 0 Å². The summed E-state index contributed by atoms with van der Waals surface area (Å²) in [6, 6.07) is 3.44. The molecule has 98 valence electrons. The second-order valence-corrected chi connectivity index (χ2v) is 4.74. The third kappa shape index (κ3) is 3.63. The Morgan fingerprint density at radius 2 is 1.94 bits per heavy atom. The number of rotatable bonds is 4. The molecule has 1 amide bonds. The van der Waals surface area contributed by atoms with Gasteiger partial charge >= 0.3 is 5.97 Å². The van der Waals surface area contributed by atoms with Gasteiger partial charge in [-0.05, 0) is 24.1 Å². The average molecular weight is 271 g/mol. The number of aliphatic carboxylic acids is 1. The number of carbonyl (C=O) groups is 2. The van der Waals surface area contributed by atoms with E-state index in [2.05, 4.69) is 5.32 Å². The number of benzene rings is 1. The number of hydrogen-bond donors (Lipinski definition) is 3. The van der Waals surface area contributed by atoms with Crippen LogP contribution in [0.15, 0.2) is 18.2 Å². The highest BCUT2D eigenvalue weighted by Gasteiger charge is 2.24. The minimum atomic E-state index is -1.08. The topological polar surface area (TPSA) is 92.4 Å². The monoisotopic (exact) mass is 270 g/mol. The summed E-state index contributed by atoms with van der Waals surface area (Å²) >= 11 is 5.78. The van der Waals surface area contributed by atoms with E-state index in [0.717, 1.165) is 0 Å². The highest BCUT2D eigenvalue weighted by atomic mass is 35.5. The van der Waals surface area contributed by atoms with Gasteiger partial charge in [0.05, 0.1) is 0 Å². The van der Waals surface area contributed by atoms with Crippen LogP contribution in [-0.4, -0.2) is 23.0 Å². The van der Waals surface area contributed by atoms with E-state index in [1.54, 1.807) is 13.8 Å². The first-order chi connectivity index (χ1) is 8.31. The highest BCUT2D eigenvalue weighted by Crippen LogP contribution is 2.17. The van der Waals surface area contributed by atoms with Gasteiger partial charge in [-0.15, -0.1) is 0 Å². The lowest BCUT2D eigenvalue weighted by Gasteiger charge is -2.18. The lowest BCUT2D eigenvalue weighted by Crippen LogP contribution is -2.44. The number of amides is 1. The van der Waals surface area contributed by atoms with Crippen molar-refractivity contribution in [3.8, 4) is 0 Å². The van der Waals surface area contributed by atoms with Crippen LogP contribution < -0.4 is 11.1 Å². The van der Waals surface area contributed by atoms with Crippen molar-refractivity contribution >= 4 is 29.2 Å². The van der Waals surface area contributed by atoms with Gasteiger partial charge in [0.2, 0.25) is 0 Å². The average Bonchev–Trinajstić information content (AvgIpc) is 2.23. The number of anilines is 1. The maximum absolute atomic E-state index is 11.9. The van der Waals surface area contributed by atoms with Crippen LogP contribution in [0, 0.1) is 5.92 Å². The van der Waals surface area contributed by atoms with E-state index in [9.17, 15) is 9.59 Å². The molecule has 1 unspecified atom stereocenters. The van der Waals surface area contributed by atoms with Crippen LogP contribution in [0.2, 0.25) is 5.02 Å². The molecule has 18 heavy (non-hydrogen) atoms. The Morgan fingerprint density at radius 3 is 2.39 bits per heavy atom. The molecular weight excluding hydrogens is 256 g/mol. The van der Waals surface area contributed by atoms with E-state index in [0.29, 0.717) is 10.7 Å². The predicted octanol–water partition coefficient (Wildman–Crippen LogP) is 1.76. The summed E-state index contributed by atoms with van der Waals surface area (Å²) in [6.45, 7) is 3.43. The number of carbonyl (C=O) groups excluding carboxylic acids is 1. The number of carboxylic acid groups (broad SMARTS) is 1. The van der Waals surface area contributed by atoms with Crippen molar-refractivity contribution in [2.45, 2.75) is 19.9 Å². The number of carboxylic acids is 1. The van der Waals surface area contributed by atoms with Crippen molar-refractivity contribution in [1.82, 2.24) is 5.32 Å². The largest absolute Gasteiger partial charge is 0.480 e. The fourth-order valence-corrected chi connectivity index (χ4v) is 1.73. The molecule has 6 heteroatoms. The normalized spacial score (nSPS) is 12.2. The SMILES string of the molecule is CC(C)C(NC(=O)c1cc(N)cc(Cl)c1)C(=O)O. The smallest absolute Gasteiger partial charge is 0.326 e. The van der Waals surface area contributed by atoms with Crippen LogP contribution in [0.25, 0.3) is 0 Å². The van der Waals surface area contributed by atoms with Crippen LogP contribution in [0.1, 0.15) is 24.2 Å². The number of nitrogen functional groups attached to an aromatic ring is 1. The zero-order valence-corrected chi connectivity index (χ0v) is 10.9. The first kappa shape index (κ1) is 14.3. The Morgan fingerprint density at radius 1 is 1.33 bits per heavy atom. The maximum Gasteiger partial charge on any atom is 0.326 e. The number of nitrogens with two attached hydrogens (primary N) is 1. The fourth-order valence-electron chi connectivity index (χ4n) is 1.48. The Balaban J connectivity index is 2.90. The van der Waals surface area contributed by atoms with Gasteiger partial charge in [0.1, 0.15) is 6.04 Å². The maximum atomic E-state index is 11.9. The second kappa shape index (κ2) is 5.73. The van der Waals surface area contributed by atoms with Crippen LogP contribution in [0.3, 0.4) is 0 Å². The van der Waals surface area contributed by atoms with Gasteiger partial charge in [0.15, 0.2) is 0 Å². The molecule has 0 aliphatic heterocycles. The second-order valence-electron chi connectivity index (χ2n) is 4.31. The van der Waals surface area contributed by atoms with E-state index in [4.69, 9.17) is 22.4 Å². The summed E-state index contributed by atoms with van der Waals surface area (Å²) < 4.78 is 0. The Kier molecular flexibility index (Phi) is 4.55. The van der Waals surface area contributed by atoms with E-state index >= 15 is 0 Å². The summed E-state index contributed by atoms with van der Waals surface area (Å²) in [6.07, 6.45) is 0. The Bertz CT molecular complexity index is 454. The van der Waals surface area contributed by atoms with Crippen molar-refractivity contribution in [3.05, 3.63) is 28.8 Å². The summed E-state index contributed by atoms with van der Waals surface area (Å²) in [5.74, 6) is -1.80. The number of nitrogens with one attached hydrogen (secondary N) is 1. The van der Waals surface area contributed by atoms with Crippen LogP contribution in [0.5, 0.6) is 0 Å². The van der Waals surface area contributed by atoms with Gasteiger partial charge in [-0.1, -0.05) is 25.4 Å². The Hall–Kier alpha value is -1.75. The zero-order chi connectivity index (χ0) is 13.9. The van der Waals surface area contributed by atoms with Crippen molar-refractivity contribution < 1.29 is 14.7 Å². The van der Waals surface area contributed by atoms with Gasteiger partial charge in [-0.3, -0.25) is 4.79 Å². The lowest BCUT2D eigenvalue weighted by atomic mass is 10.0. The standard InChI is InChI=1S/C12H15ClN2O3/c1-6(2)10(12(17)18)15-11(16)7-3-8(13)5-9(14)4-7/h3-6,10H,14H2,1-2H3,(H,15,16)(H,17,18).